The van der Waals surface area contributed by atoms with Gasteiger partial charge in [-0.25, -0.2) is 0 Å². The van der Waals surface area contributed by atoms with Crippen LogP contribution in [0.3, 0.4) is 0 Å². The minimum Gasteiger partial charge on any atom is -0.389 e. The number of ether oxygens (including phenoxy) is 1. The molecule has 1 aromatic rings. The van der Waals surface area contributed by atoms with Crippen molar-refractivity contribution in [1.82, 2.24) is 0 Å². The van der Waals surface area contributed by atoms with E-state index in [1.54, 1.807) is 11.3 Å². The molecule has 4 heteroatoms. The first-order chi connectivity index (χ1) is 7.47. The Morgan fingerprint density at radius 2 is 2.12 bits per heavy atom. The average molecular weight is 305 g/mol. The van der Waals surface area contributed by atoms with Gasteiger partial charge >= 0.3 is 0 Å². The predicted molar refractivity (Wildman–Crippen MR) is 69.9 cm³/mol. The molecule has 2 heterocycles. The largest absolute Gasteiger partial charge is 0.389 e. The van der Waals surface area contributed by atoms with Crippen LogP contribution in [0.4, 0.5) is 0 Å². The van der Waals surface area contributed by atoms with E-state index in [1.165, 1.54) is 4.88 Å². The normalized spacial score (nSPS) is 35.2. The Balaban J connectivity index is 2.07. The third kappa shape index (κ3) is 3.06. The zero-order chi connectivity index (χ0) is 11.8. The standard InChI is InChI=1S/C12H17BrO2S/c1-8-4-12(14,5-9(2)15-8)6-11-3-10(13)7-16-11/h3,7-9,14H,4-6H2,1-2H3. The second-order valence-corrected chi connectivity index (χ2v) is 6.71. The Bertz CT molecular complexity index is 354. The van der Waals surface area contributed by atoms with Gasteiger partial charge in [-0.1, -0.05) is 0 Å². The first kappa shape index (κ1) is 12.6. The van der Waals surface area contributed by atoms with Crippen LogP contribution in [0.5, 0.6) is 0 Å². The van der Waals surface area contributed by atoms with Crippen molar-refractivity contribution in [1.29, 1.82) is 0 Å². The molecular weight excluding hydrogens is 288 g/mol. The van der Waals surface area contributed by atoms with Crippen LogP contribution in [-0.2, 0) is 11.2 Å². The zero-order valence-corrected chi connectivity index (χ0v) is 12.0. The molecule has 0 saturated carbocycles. The van der Waals surface area contributed by atoms with Gasteiger partial charge in [-0.15, -0.1) is 11.3 Å². The van der Waals surface area contributed by atoms with E-state index in [1.807, 2.05) is 13.8 Å². The van der Waals surface area contributed by atoms with Crippen molar-refractivity contribution in [3.8, 4) is 0 Å². The van der Waals surface area contributed by atoms with E-state index < -0.39 is 5.60 Å². The molecule has 1 aliphatic rings. The van der Waals surface area contributed by atoms with Gasteiger partial charge in [0.15, 0.2) is 0 Å². The van der Waals surface area contributed by atoms with E-state index >= 15 is 0 Å². The highest BCUT2D eigenvalue weighted by Gasteiger charge is 2.37. The molecule has 0 amide bonds. The zero-order valence-electron chi connectivity index (χ0n) is 9.57. The van der Waals surface area contributed by atoms with E-state index in [0.717, 1.165) is 23.7 Å². The maximum absolute atomic E-state index is 10.6. The summed E-state index contributed by atoms with van der Waals surface area (Å²) in [7, 11) is 0. The molecule has 1 fully saturated rings. The third-order valence-electron chi connectivity index (χ3n) is 2.92. The van der Waals surface area contributed by atoms with Crippen molar-refractivity contribution in [2.75, 3.05) is 0 Å². The average Bonchev–Trinajstić information content (AvgIpc) is 2.47. The molecule has 1 saturated heterocycles. The predicted octanol–water partition coefficient (Wildman–Crippen LogP) is 3.37. The van der Waals surface area contributed by atoms with Crippen molar-refractivity contribution >= 4 is 27.3 Å². The third-order valence-corrected chi connectivity index (χ3v) is 4.62. The molecule has 2 rings (SSSR count). The molecule has 0 aromatic carbocycles. The van der Waals surface area contributed by atoms with E-state index in [9.17, 15) is 5.11 Å². The smallest absolute Gasteiger partial charge is 0.0744 e. The lowest BCUT2D eigenvalue weighted by atomic mass is 9.84. The summed E-state index contributed by atoms with van der Waals surface area (Å²) in [6.07, 6.45) is 2.50. The van der Waals surface area contributed by atoms with Crippen molar-refractivity contribution in [2.24, 2.45) is 0 Å². The number of hydrogen-bond donors (Lipinski definition) is 1. The van der Waals surface area contributed by atoms with E-state index in [-0.39, 0.29) is 12.2 Å². The lowest BCUT2D eigenvalue weighted by Gasteiger charge is -2.39. The van der Waals surface area contributed by atoms with Gasteiger partial charge in [0.1, 0.15) is 0 Å². The first-order valence-electron chi connectivity index (χ1n) is 5.58. The van der Waals surface area contributed by atoms with Gasteiger partial charge in [0, 0.05) is 34.0 Å². The highest BCUT2D eigenvalue weighted by molar-refractivity contribution is 9.10. The van der Waals surface area contributed by atoms with Crippen LogP contribution in [0.15, 0.2) is 15.9 Å². The molecule has 1 N–H and O–H groups in total. The lowest BCUT2D eigenvalue weighted by molar-refractivity contribution is -0.130. The quantitative estimate of drug-likeness (QED) is 0.908. The first-order valence-corrected chi connectivity index (χ1v) is 7.25. The second-order valence-electron chi connectivity index (χ2n) is 4.80. The topological polar surface area (TPSA) is 29.5 Å². The molecule has 2 unspecified atom stereocenters. The van der Waals surface area contributed by atoms with Crippen LogP contribution in [0.25, 0.3) is 0 Å². The van der Waals surface area contributed by atoms with Gasteiger partial charge in [-0.2, -0.15) is 0 Å². The summed E-state index contributed by atoms with van der Waals surface area (Å²) < 4.78 is 6.76. The summed E-state index contributed by atoms with van der Waals surface area (Å²) in [5.74, 6) is 0. The van der Waals surface area contributed by atoms with E-state index in [0.29, 0.717) is 0 Å². The highest BCUT2D eigenvalue weighted by Crippen LogP contribution is 2.33. The van der Waals surface area contributed by atoms with Gasteiger partial charge in [0.05, 0.1) is 17.8 Å². The summed E-state index contributed by atoms with van der Waals surface area (Å²) in [4.78, 5) is 1.23. The minimum atomic E-state index is -0.596. The summed E-state index contributed by atoms with van der Waals surface area (Å²) in [6.45, 7) is 4.07. The second kappa shape index (κ2) is 4.77. The molecule has 0 aliphatic carbocycles. The van der Waals surface area contributed by atoms with Crippen LogP contribution in [-0.4, -0.2) is 22.9 Å². The van der Waals surface area contributed by atoms with Crippen molar-refractivity contribution in [2.45, 2.75) is 50.9 Å². The number of halogens is 1. The molecular formula is C12H17BrO2S. The maximum atomic E-state index is 10.6. The number of rotatable bonds is 2. The van der Waals surface area contributed by atoms with Crippen molar-refractivity contribution in [3.05, 3.63) is 20.8 Å². The van der Waals surface area contributed by atoms with Crippen LogP contribution in [0.1, 0.15) is 31.6 Å². The number of thiophene rings is 1. The van der Waals surface area contributed by atoms with Gasteiger partial charge in [-0.3, -0.25) is 0 Å². The van der Waals surface area contributed by atoms with Crippen LogP contribution in [0, 0.1) is 0 Å². The van der Waals surface area contributed by atoms with Crippen molar-refractivity contribution < 1.29 is 9.84 Å². The molecule has 0 radical (unpaired) electrons. The van der Waals surface area contributed by atoms with Crippen LogP contribution < -0.4 is 0 Å². The maximum Gasteiger partial charge on any atom is 0.0744 e. The van der Waals surface area contributed by atoms with E-state index in [2.05, 4.69) is 27.4 Å². The molecule has 2 atom stereocenters. The molecule has 0 spiro atoms. The Kier molecular flexibility index (Phi) is 3.74. The molecule has 90 valence electrons. The van der Waals surface area contributed by atoms with E-state index in [4.69, 9.17) is 4.74 Å². The molecule has 16 heavy (non-hydrogen) atoms. The van der Waals surface area contributed by atoms with Gasteiger partial charge < -0.3 is 9.84 Å². The molecule has 0 bridgehead atoms. The molecule has 2 nitrogen and oxygen atoms in total. The van der Waals surface area contributed by atoms with Gasteiger partial charge in [0.2, 0.25) is 0 Å². The molecule has 1 aliphatic heterocycles. The fourth-order valence-electron chi connectivity index (χ4n) is 2.56. The Morgan fingerprint density at radius 3 is 2.62 bits per heavy atom. The van der Waals surface area contributed by atoms with Crippen LogP contribution in [0.2, 0.25) is 0 Å². The summed E-state index contributed by atoms with van der Waals surface area (Å²) in [5, 5.41) is 12.6. The summed E-state index contributed by atoms with van der Waals surface area (Å²) in [6, 6.07) is 2.09. The number of hydrogen-bond acceptors (Lipinski definition) is 3. The fourth-order valence-corrected chi connectivity index (χ4v) is 4.15. The van der Waals surface area contributed by atoms with Gasteiger partial charge in [-0.05, 0) is 35.8 Å². The summed E-state index contributed by atoms with van der Waals surface area (Å²) >= 11 is 5.14. The van der Waals surface area contributed by atoms with Crippen LogP contribution >= 0.6 is 27.3 Å². The molecule has 1 aromatic heterocycles. The summed E-state index contributed by atoms with van der Waals surface area (Å²) in [5.41, 5.74) is -0.596. The SMILES string of the molecule is CC1CC(O)(Cc2cc(Br)cs2)CC(C)O1. The Labute approximate surface area is 109 Å². The lowest BCUT2D eigenvalue weighted by Crippen LogP contribution is -2.44. The monoisotopic (exact) mass is 304 g/mol. The van der Waals surface area contributed by atoms with Gasteiger partial charge in [0.25, 0.3) is 0 Å². The fraction of sp³-hybridized carbons (Fsp3) is 0.667. The highest BCUT2D eigenvalue weighted by atomic mass is 79.9. The number of aliphatic hydroxyl groups is 1. The Hall–Kier alpha value is 0.1000. The Morgan fingerprint density at radius 1 is 1.50 bits per heavy atom. The minimum absolute atomic E-state index is 0.150. The van der Waals surface area contributed by atoms with Crippen molar-refractivity contribution in [3.63, 3.8) is 0 Å².